The molecule has 14 heavy (non-hydrogen) atoms. The first-order chi connectivity index (χ1) is 6.61. The van der Waals surface area contributed by atoms with E-state index < -0.39 is 5.41 Å². The van der Waals surface area contributed by atoms with Gasteiger partial charge in [0.25, 0.3) is 0 Å². The molecule has 0 heterocycles. The van der Waals surface area contributed by atoms with Crippen molar-refractivity contribution in [3.63, 3.8) is 0 Å². The number of aliphatic hydroxyl groups excluding tert-OH is 2. The molecule has 3 nitrogen and oxygen atoms in total. The van der Waals surface area contributed by atoms with Crippen LogP contribution in [0.25, 0.3) is 0 Å². The summed E-state index contributed by atoms with van der Waals surface area (Å²) in [7, 11) is 0. The van der Waals surface area contributed by atoms with Gasteiger partial charge in [-0.3, -0.25) is 4.90 Å². The zero-order valence-corrected chi connectivity index (χ0v) is 8.95. The van der Waals surface area contributed by atoms with Crippen molar-refractivity contribution in [2.75, 3.05) is 32.8 Å². The zero-order chi connectivity index (χ0) is 11.0. The van der Waals surface area contributed by atoms with Gasteiger partial charge in [0, 0.05) is 25.0 Å². The average molecular weight is 199 g/mol. The van der Waals surface area contributed by atoms with Gasteiger partial charge >= 0.3 is 0 Å². The molecule has 0 fully saturated rings. The van der Waals surface area contributed by atoms with Crippen molar-refractivity contribution in [2.24, 2.45) is 5.41 Å². The molecule has 0 atom stereocenters. The molecule has 0 aliphatic rings. The molecule has 0 saturated heterocycles. The van der Waals surface area contributed by atoms with Crippen molar-refractivity contribution < 1.29 is 10.2 Å². The maximum atomic E-state index is 9.13. The second-order valence-corrected chi connectivity index (χ2v) is 3.90. The summed E-state index contributed by atoms with van der Waals surface area (Å²) in [5, 5.41) is 18.3. The fourth-order valence-electron chi connectivity index (χ4n) is 1.26. The van der Waals surface area contributed by atoms with E-state index in [-0.39, 0.29) is 13.2 Å². The predicted octanol–water partition coefficient (Wildman–Crippen LogP) is 0.651. The standard InChI is InChI=1S/C11H21NO2/c1-4-6-12(7-5-2)8-11(3,9-13)10-14/h4-5,13-14H,1-2,6-10H2,3H3. The summed E-state index contributed by atoms with van der Waals surface area (Å²) in [5.41, 5.74) is -0.452. The molecule has 0 radical (unpaired) electrons. The molecule has 0 rings (SSSR count). The Morgan fingerprint density at radius 3 is 1.86 bits per heavy atom. The molecule has 0 saturated carbocycles. The molecule has 0 aliphatic carbocycles. The highest BCUT2D eigenvalue weighted by Gasteiger charge is 2.24. The number of rotatable bonds is 8. The largest absolute Gasteiger partial charge is 0.396 e. The van der Waals surface area contributed by atoms with Crippen molar-refractivity contribution in [2.45, 2.75) is 6.92 Å². The molecule has 0 aromatic heterocycles. The van der Waals surface area contributed by atoms with E-state index in [1.807, 2.05) is 6.92 Å². The van der Waals surface area contributed by atoms with Crippen molar-refractivity contribution in [1.82, 2.24) is 4.90 Å². The predicted molar refractivity (Wildman–Crippen MR) is 59.1 cm³/mol. The van der Waals surface area contributed by atoms with Crippen LogP contribution in [0, 0.1) is 5.41 Å². The van der Waals surface area contributed by atoms with Crippen LogP contribution in [0.1, 0.15) is 6.92 Å². The fourth-order valence-corrected chi connectivity index (χ4v) is 1.26. The lowest BCUT2D eigenvalue weighted by Gasteiger charge is -2.31. The molecular formula is C11H21NO2. The Morgan fingerprint density at radius 1 is 1.14 bits per heavy atom. The highest BCUT2D eigenvalue weighted by molar-refractivity contribution is 4.85. The SMILES string of the molecule is C=CCN(CC=C)CC(C)(CO)CO. The summed E-state index contributed by atoms with van der Waals surface area (Å²) in [6.45, 7) is 11.3. The van der Waals surface area contributed by atoms with Crippen LogP contribution in [-0.4, -0.2) is 48.0 Å². The number of aliphatic hydroxyl groups is 2. The fraction of sp³-hybridized carbons (Fsp3) is 0.636. The molecule has 3 heteroatoms. The smallest absolute Gasteiger partial charge is 0.0519 e. The molecule has 0 spiro atoms. The van der Waals surface area contributed by atoms with Crippen molar-refractivity contribution in [3.05, 3.63) is 25.3 Å². The minimum absolute atomic E-state index is 0.0196. The highest BCUT2D eigenvalue weighted by Crippen LogP contribution is 2.16. The van der Waals surface area contributed by atoms with E-state index in [4.69, 9.17) is 10.2 Å². The van der Waals surface area contributed by atoms with Gasteiger partial charge in [-0.2, -0.15) is 0 Å². The normalized spacial score (nSPS) is 11.7. The maximum absolute atomic E-state index is 9.13. The molecular weight excluding hydrogens is 178 g/mol. The second kappa shape index (κ2) is 6.76. The molecule has 0 unspecified atom stereocenters. The van der Waals surface area contributed by atoms with Gasteiger partial charge in [-0.15, -0.1) is 13.2 Å². The van der Waals surface area contributed by atoms with E-state index >= 15 is 0 Å². The van der Waals surface area contributed by atoms with Crippen molar-refractivity contribution in [3.8, 4) is 0 Å². The van der Waals surface area contributed by atoms with Crippen molar-refractivity contribution >= 4 is 0 Å². The van der Waals surface area contributed by atoms with Gasteiger partial charge in [-0.05, 0) is 0 Å². The third-order valence-electron chi connectivity index (χ3n) is 2.14. The maximum Gasteiger partial charge on any atom is 0.0519 e. The number of hydrogen-bond donors (Lipinski definition) is 2. The first kappa shape index (κ1) is 13.4. The summed E-state index contributed by atoms with van der Waals surface area (Å²) in [4.78, 5) is 2.08. The third kappa shape index (κ3) is 4.56. The summed E-state index contributed by atoms with van der Waals surface area (Å²) in [6, 6.07) is 0. The molecule has 0 amide bonds. The van der Waals surface area contributed by atoms with Gasteiger partial charge in [0.1, 0.15) is 0 Å². The summed E-state index contributed by atoms with van der Waals surface area (Å²) in [5.74, 6) is 0. The highest BCUT2D eigenvalue weighted by atomic mass is 16.3. The lowest BCUT2D eigenvalue weighted by Crippen LogP contribution is -2.40. The third-order valence-corrected chi connectivity index (χ3v) is 2.14. The molecule has 0 aliphatic heterocycles. The minimum Gasteiger partial charge on any atom is -0.396 e. The van der Waals surface area contributed by atoms with Gasteiger partial charge in [0.15, 0.2) is 0 Å². The van der Waals surface area contributed by atoms with Gasteiger partial charge in [-0.25, -0.2) is 0 Å². The quantitative estimate of drug-likeness (QED) is 0.564. The molecule has 0 aromatic rings. The van der Waals surface area contributed by atoms with E-state index in [1.165, 1.54) is 0 Å². The van der Waals surface area contributed by atoms with Crippen LogP contribution < -0.4 is 0 Å². The van der Waals surface area contributed by atoms with Crippen LogP contribution in [0.4, 0.5) is 0 Å². The van der Waals surface area contributed by atoms with Crippen LogP contribution in [0.5, 0.6) is 0 Å². The number of hydrogen-bond acceptors (Lipinski definition) is 3. The first-order valence-corrected chi connectivity index (χ1v) is 4.77. The molecule has 0 bridgehead atoms. The monoisotopic (exact) mass is 199 g/mol. The Labute approximate surface area is 86.4 Å². The Hall–Kier alpha value is -0.640. The van der Waals surface area contributed by atoms with Gasteiger partial charge in [-0.1, -0.05) is 19.1 Å². The van der Waals surface area contributed by atoms with Crippen molar-refractivity contribution in [1.29, 1.82) is 0 Å². The molecule has 82 valence electrons. The van der Waals surface area contributed by atoms with Gasteiger partial charge < -0.3 is 10.2 Å². The van der Waals surface area contributed by atoms with E-state index in [1.54, 1.807) is 12.2 Å². The lowest BCUT2D eigenvalue weighted by molar-refractivity contribution is 0.0412. The number of nitrogens with zero attached hydrogens (tertiary/aromatic N) is 1. The van der Waals surface area contributed by atoms with Gasteiger partial charge in [0.05, 0.1) is 13.2 Å². The summed E-state index contributed by atoms with van der Waals surface area (Å²) < 4.78 is 0. The Kier molecular flexibility index (Phi) is 6.45. The summed E-state index contributed by atoms with van der Waals surface area (Å²) >= 11 is 0. The lowest BCUT2D eigenvalue weighted by atomic mass is 9.92. The average Bonchev–Trinajstić information content (AvgIpc) is 2.18. The van der Waals surface area contributed by atoms with E-state index in [0.29, 0.717) is 6.54 Å². The van der Waals surface area contributed by atoms with Crippen LogP contribution in [0.2, 0.25) is 0 Å². The summed E-state index contributed by atoms with van der Waals surface area (Å²) in [6.07, 6.45) is 3.61. The van der Waals surface area contributed by atoms with Crippen LogP contribution in [0.15, 0.2) is 25.3 Å². The van der Waals surface area contributed by atoms with E-state index in [0.717, 1.165) is 13.1 Å². The van der Waals surface area contributed by atoms with Gasteiger partial charge in [0.2, 0.25) is 0 Å². The molecule has 2 N–H and O–H groups in total. The Balaban J connectivity index is 4.23. The van der Waals surface area contributed by atoms with Crippen LogP contribution >= 0.6 is 0 Å². The topological polar surface area (TPSA) is 43.7 Å². The van der Waals surface area contributed by atoms with Crippen LogP contribution in [-0.2, 0) is 0 Å². The van der Waals surface area contributed by atoms with E-state index in [2.05, 4.69) is 18.1 Å². The Bertz CT molecular complexity index is 166. The zero-order valence-electron chi connectivity index (χ0n) is 8.95. The molecule has 0 aromatic carbocycles. The first-order valence-electron chi connectivity index (χ1n) is 4.77. The van der Waals surface area contributed by atoms with Crippen LogP contribution in [0.3, 0.4) is 0 Å². The second-order valence-electron chi connectivity index (χ2n) is 3.90. The van der Waals surface area contributed by atoms with E-state index in [9.17, 15) is 0 Å². The minimum atomic E-state index is -0.452. The Morgan fingerprint density at radius 2 is 1.57 bits per heavy atom.